The van der Waals surface area contributed by atoms with Crippen LogP contribution >= 0.6 is 23.2 Å². The van der Waals surface area contributed by atoms with Crippen LogP contribution in [0.3, 0.4) is 0 Å². The molecule has 132 valence electrons. The molecule has 1 amide bonds. The van der Waals surface area contributed by atoms with E-state index in [1.807, 2.05) is 25.1 Å². The number of benzene rings is 2. The van der Waals surface area contributed by atoms with Gasteiger partial charge < -0.3 is 10.6 Å². The Labute approximate surface area is 161 Å². The first-order valence-corrected chi connectivity index (χ1v) is 8.66. The van der Waals surface area contributed by atoms with Gasteiger partial charge in [0, 0.05) is 17.8 Å². The minimum atomic E-state index is -0.393. The summed E-state index contributed by atoms with van der Waals surface area (Å²) < 4.78 is 0. The molecule has 0 spiro atoms. The number of aromatic nitrogens is 2. The lowest BCUT2D eigenvalue weighted by Crippen LogP contribution is -2.15. The lowest BCUT2D eigenvalue weighted by Gasteiger charge is -2.09. The topological polar surface area (TPSA) is 66.9 Å². The molecule has 0 aliphatic carbocycles. The predicted octanol–water partition coefficient (Wildman–Crippen LogP) is 4.96. The summed E-state index contributed by atoms with van der Waals surface area (Å²) in [5.74, 6) is -0.0217. The number of carbonyl (C=O) groups excluding carboxylic acids is 1. The number of halogens is 2. The molecule has 5 nitrogen and oxygen atoms in total. The Morgan fingerprint density at radius 1 is 1.12 bits per heavy atom. The van der Waals surface area contributed by atoms with Crippen LogP contribution in [0.15, 0.2) is 54.7 Å². The molecule has 0 fully saturated rings. The van der Waals surface area contributed by atoms with E-state index >= 15 is 0 Å². The van der Waals surface area contributed by atoms with Gasteiger partial charge in [-0.2, -0.15) is 0 Å². The van der Waals surface area contributed by atoms with Crippen LogP contribution in [0.1, 0.15) is 21.6 Å². The fourth-order valence-corrected chi connectivity index (χ4v) is 2.69. The Hall–Kier alpha value is -2.63. The Kier molecular flexibility index (Phi) is 5.71. The second kappa shape index (κ2) is 8.17. The van der Waals surface area contributed by atoms with E-state index in [9.17, 15) is 4.79 Å². The van der Waals surface area contributed by atoms with Gasteiger partial charge in [-0.1, -0.05) is 53.0 Å². The molecule has 1 heterocycles. The van der Waals surface area contributed by atoms with Crippen LogP contribution in [0.4, 0.5) is 11.6 Å². The van der Waals surface area contributed by atoms with Crippen LogP contribution < -0.4 is 10.6 Å². The van der Waals surface area contributed by atoms with Crippen molar-refractivity contribution in [3.05, 3.63) is 81.6 Å². The zero-order valence-electron chi connectivity index (χ0n) is 14.0. The lowest BCUT2D eigenvalue weighted by atomic mass is 10.1. The normalized spacial score (nSPS) is 10.4. The van der Waals surface area contributed by atoms with Crippen molar-refractivity contribution in [2.24, 2.45) is 0 Å². The Balaban J connectivity index is 1.70. The van der Waals surface area contributed by atoms with E-state index < -0.39 is 5.91 Å². The van der Waals surface area contributed by atoms with Gasteiger partial charge in [0.2, 0.25) is 5.95 Å². The van der Waals surface area contributed by atoms with Gasteiger partial charge in [0.25, 0.3) is 5.91 Å². The van der Waals surface area contributed by atoms with Gasteiger partial charge in [0.15, 0.2) is 0 Å². The van der Waals surface area contributed by atoms with Crippen molar-refractivity contribution in [2.75, 3.05) is 10.6 Å². The molecular formula is C19H16Cl2N4O. The second-order valence-corrected chi connectivity index (χ2v) is 6.53. The molecule has 3 rings (SSSR count). The van der Waals surface area contributed by atoms with E-state index in [1.54, 1.807) is 18.2 Å². The van der Waals surface area contributed by atoms with Crippen LogP contribution in [-0.2, 0) is 6.54 Å². The fraction of sp³-hybridized carbons (Fsp3) is 0.105. The maximum absolute atomic E-state index is 12.4. The number of anilines is 2. The minimum absolute atomic E-state index is 0.225. The van der Waals surface area contributed by atoms with E-state index in [2.05, 4.69) is 26.7 Å². The molecule has 2 aromatic carbocycles. The van der Waals surface area contributed by atoms with E-state index in [-0.39, 0.29) is 5.69 Å². The number of carbonyl (C=O) groups is 1. The van der Waals surface area contributed by atoms with Crippen molar-refractivity contribution >= 4 is 40.7 Å². The molecule has 0 saturated carbocycles. The van der Waals surface area contributed by atoms with Gasteiger partial charge in [-0.15, -0.1) is 0 Å². The van der Waals surface area contributed by atoms with Gasteiger partial charge in [0.1, 0.15) is 5.69 Å². The highest BCUT2D eigenvalue weighted by molar-refractivity contribution is 6.35. The summed E-state index contributed by atoms with van der Waals surface area (Å²) in [5, 5.41) is 6.70. The van der Waals surface area contributed by atoms with E-state index in [0.717, 1.165) is 5.56 Å². The van der Waals surface area contributed by atoms with Gasteiger partial charge in [-0.05, 0) is 36.8 Å². The van der Waals surface area contributed by atoms with Gasteiger partial charge in [0.05, 0.1) is 10.7 Å². The first kappa shape index (κ1) is 18.2. The van der Waals surface area contributed by atoms with Crippen LogP contribution in [-0.4, -0.2) is 15.9 Å². The Morgan fingerprint density at radius 2 is 1.96 bits per heavy atom. The molecule has 0 aliphatic rings. The van der Waals surface area contributed by atoms with E-state index in [1.165, 1.54) is 17.8 Å². The molecule has 0 radical (unpaired) electrons. The Morgan fingerprint density at radius 3 is 2.77 bits per heavy atom. The summed E-state index contributed by atoms with van der Waals surface area (Å²) in [6.07, 6.45) is 1.53. The van der Waals surface area contributed by atoms with Gasteiger partial charge in [-0.25, -0.2) is 9.97 Å². The van der Waals surface area contributed by atoms with Crippen LogP contribution in [0.5, 0.6) is 0 Å². The first-order valence-electron chi connectivity index (χ1n) is 7.90. The number of rotatable bonds is 5. The third kappa shape index (κ3) is 4.71. The van der Waals surface area contributed by atoms with E-state index in [0.29, 0.717) is 28.2 Å². The Bertz CT molecular complexity index is 946. The van der Waals surface area contributed by atoms with Crippen LogP contribution in [0.25, 0.3) is 0 Å². The van der Waals surface area contributed by atoms with Gasteiger partial charge >= 0.3 is 0 Å². The molecule has 0 aliphatic heterocycles. The first-order chi connectivity index (χ1) is 12.5. The minimum Gasteiger partial charge on any atom is -0.350 e. The number of nitrogens with one attached hydrogen (secondary N) is 2. The van der Waals surface area contributed by atoms with Crippen molar-refractivity contribution < 1.29 is 4.79 Å². The summed E-state index contributed by atoms with van der Waals surface area (Å²) >= 11 is 12.0. The smallest absolute Gasteiger partial charge is 0.274 e. The number of hydrogen-bond acceptors (Lipinski definition) is 4. The number of nitrogens with zero attached hydrogens (tertiary/aromatic N) is 2. The maximum atomic E-state index is 12.4. The highest BCUT2D eigenvalue weighted by atomic mass is 35.5. The molecule has 7 heteroatoms. The SMILES string of the molecule is Cc1cccc(CNc2nccc(C(=O)Nc3cc(Cl)ccc3Cl)n2)c1. The maximum Gasteiger partial charge on any atom is 0.274 e. The molecule has 2 N–H and O–H groups in total. The van der Waals surface area contributed by atoms with Gasteiger partial charge in [-0.3, -0.25) is 4.79 Å². The standard InChI is InChI=1S/C19H16Cl2N4O/c1-12-3-2-4-13(9-12)11-23-19-22-8-7-16(25-19)18(26)24-17-10-14(20)5-6-15(17)21/h2-10H,11H2,1H3,(H,24,26)(H,22,23,25). The van der Waals surface area contributed by atoms with Crippen molar-refractivity contribution in [1.82, 2.24) is 9.97 Å². The lowest BCUT2D eigenvalue weighted by molar-refractivity contribution is 0.102. The summed E-state index contributed by atoms with van der Waals surface area (Å²) in [6, 6.07) is 14.5. The average Bonchev–Trinajstić information content (AvgIpc) is 2.63. The molecule has 0 unspecified atom stereocenters. The third-order valence-electron chi connectivity index (χ3n) is 3.60. The second-order valence-electron chi connectivity index (χ2n) is 5.69. The monoisotopic (exact) mass is 386 g/mol. The highest BCUT2D eigenvalue weighted by Gasteiger charge is 2.11. The summed E-state index contributed by atoms with van der Waals surface area (Å²) in [4.78, 5) is 20.8. The van der Waals surface area contributed by atoms with Crippen molar-refractivity contribution in [1.29, 1.82) is 0 Å². The summed E-state index contributed by atoms with van der Waals surface area (Å²) in [6.45, 7) is 2.60. The molecule has 0 saturated heterocycles. The van der Waals surface area contributed by atoms with Crippen molar-refractivity contribution in [3.63, 3.8) is 0 Å². The molecule has 3 aromatic rings. The summed E-state index contributed by atoms with van der Waals surface area (Å²) in [7, 11) is 0. The number of amides is 1. The molecule has 26 heavy (non-hydrogen) atoms. The molecule has 1 aromatic heterocycles. The third-order valence-corrected chi connectivity index (χ3v) is 4.16. The number of hydrogen-bond donors (Lipinski definition) is 2. The van der Waals surface area contributed by atoms with Crippen LogP contribution in [0, 0.1) is 6.92 Å². The van der Waals surface area contributed by atoms with Crippen molar-refractivity contribution in [3.8, 4) is 0 Å². The molecule has 0 bridgehead atoms. The fourth-order valence-electron chi connectivity index (χ4n) is 2.35. The zero-order valence-corrected chi connectivity index (χ0v) is 15.5. The highest BCUT2D eigenvalue weighted by Crippen LogP contribution is 2.25. The van der Waals surface area contributed by atoms with E-state index in [4.69, 9.17) is 23.2 Å². The molecule has 0 atom stereocenters. The largest absolute Gasteiger partial charge is 0.350 e. The zero-order chi connectivity index (χ0) is 18.5. The quantitative estimate of drug-likeness (QED) is 0.650. The van der Waals surface area contributed by atoms with Crippen LogP contribution in [0.2, 0.25) is 10.0 Å². The summed E-state index contributed by atoms with van der Waals surface area (Å²) in [5.41, 5.74) is 2.94. The number of aryl methyl sites for hydroxylation is 1. The predicted molar refractivity (Wildman–Crippen MR) is 105 cm³/mol. The molecular weight excluding hydrogens is 371 g/mol. The average molecular weight is 387 g/mol. The van der Waals surface area contributed by atoms with Crippen molar-refractivity contribution in [2.45, 2.75) is 13.5 Å².